The Labute approximate surface area is 142 Å². The van der Waals surface area contributed by atoms with Crippen LogP contribution >= 0.6 is 0 Å². The molecule has 3 unspecified atom stereocenters. The number of carbonyl (C=O) groups is 1. The van der Waals surface area contributed by atoms with E-state index in [1.807, 2.05) is 12.2 Å². The van der Waals surface area contributed by atoms with Gasteiger partial charge >= 0.3 is 0 Å². The third kappa shape index (κ3) is 12.8. The molecule has 23 heavy (non-hydrogen) atoms. The number of hydrogen-bond acceptors (Lipinski definition) is 3. The Balaban J connectivity index is 0. The van der Waals surface area contributed by atoms with E-state index in [1.54, 1.807) is 14.2 Å². The molecule has 0 bridgehead atoms. The van der Waals surface area contributed by atoms with Crippen molar-refractivity contribution in [2.24, 2.45) is 17.6 Å². The number of ether oxygens (including phenoxy) is 1. The summed E-state index contributed by atoms with van der Waals surface area (Å²) in [6.07, 6.45) is 11.5. The smallest absolute Gasteiger partial charge is 0.204 e. The fourth-order valence-electron chi connectivity index (χ4n) is 2.59. The highest BCUT2D eigenvalue weighted by Crippen LogP contribution is 2.26. The van der Waals surface area contributed by atoms with Crippen LogP contribution in [0.3, 0.4) is 0 Å². The summed E-state index contributed by atoms with van der Waals surface area (Å²) in [5.74, 6) is 1.29. The van der Waals surface area contributed by atoms with Crippen molar-refractivity contribution in [3.8, 4) is 0 Å². The molecule has 1 amide bonds. The van der Waals surface area contributed by atoms with Crippen molar-refractivity contribution in [3.63, 3.8) is 0 Å². The van der Waals surface area contributed by atoms with Gasteiger partial charge in [-0.1, -0.05) is 45.2 Å². The molecule has 1 aliphatic heterocycles. The summed E-state index contributed by atoms with van der Waals surface area (Å²) < 4.78 is 4.25. The zero-order chi connectivity index (χ0) is 18.1. The minimum Gasteiger partial charge on any atom is -0.388 e. The zero-order valence-electron chi connectivity index (χ0n) is 15.4. The van der Waals surface area contributed by atoms with Crippen molar-refractivity contribution in [3.05, 3.63) is 37.0 Å². The number of allylic oxidation sites excluding steroid dienone is 4. The molecule has 4 nitrogen and oxygen atoms in total. The minimum atomic E-state index is 0.250. The van der Waals surface area contributed by atoms with Crippen molar-refractivity contribution < 1.29 is 9.53 Å². The molecule has 1 heterocycles. The molecule has 1 rings (SSSR count). The molecule has 0 saturated carbocycles. The topological polar surface area (TPSA) is 64.3 Å². The predicted molar refractivity (Wildman–Crippen MR) is 100 cm³/mol. The maximum Gasteiger partial charge on any atom is 0.204 e. The maximum absolute atomic E-state index is 8.58. The van der Waals surface area contributed by atoms with E-state index in [4.69, 9.17) is 4.79 Å². The van der Waals surface area contributed by atoms with Gasteiger partial charge in [0.15, 0.2) is 0 Å². The number of primary amides is 1. The number of hydrogen-bond donors (Lipinski definition) is 2. The van der Waals surface area contributed by atoms with Crippen LogP contribution in [0.4, 0.5) is 0 Å². The van der Waals surface area contributed by atoms with Crippen LogP contribution in [0.2, 0.25) is 0 Å². The standard InChI is InChI=1S/C16H27N.C2H6O.CH3NO/c1-5-8-15(6-2)14(4)13(3)10-11-16-9-7-12-17-16;1-3-2;2-1-3/h5-6,8,13-14,16-17H,1-2,7,9-12H2,3-4H3;1-2H3;1H,(H2,2,3)/b15-8+;;. The summed E-state index contributed by atoms with van der Waals surface area (Å²) in [6, 6.07) is 0.764. The lowest BCUT2D eigenvalue weighted by Crippen LogP contribution is -2.22. The number of methoxy groups -OCH3 is 1. The normalized spacial score (nSPS) is 19.3. The third-order valence-corrected chi connectivity index (χ3v) is 4.06. The third-order valence-electron chi connectivity index (χ3n) is 4.06. The lowest BCUT2D eigenvalue weighted by Gasteiger charge is -2.22. The highest BCUT2D eigenvalue weighted by Gasteiger charge is 2.18. The molecular formula is C19H36N2O2. The van der Waals surface area contributed by atoms with Gasteiger partial charge in [-0.3, -0.25) is 4.79 Å². The summed E-state index contributed by atoms with van der Waals surface area (Å²) in [6.45, 7) is 13.5. The molecule has 3 atom stereocenters. The Bertz CT molecular complexity index is 334. The average Bonchev–Trinajstić information content (AvgIpc) is 3.04. The second-order valence-electron chi connectivity index (χ2n) is 5.79. The van der Waals surface area contributed by atoms with Crippen molar-refractivity contribution in [1.29, 1.82) is 0 Å². The molecule has 4 heteroatoms. The van der Waals surface area contributed by atoms with E-state index in [9.17, 15) is 0 Å². The monoisotopic (exact) mass is 324 g/mol. The summed E-state index contributed by atoms with van der Waals surface area (Å²) in [7, 11) is 3.25. The van der Waals surface area contributed by atoms with E-state index in [-0.39, 0.29) is 6.41 Å². The van der Waals surface area contributed by atoms with Crippen molar-refractivity contribution >= 4 is 6.41 Å². The van der Waals surface area contributed by atoms with Crippen LogP contribution in [-0.4, -0.2) is 33.2 Å². The van der Waals surface area contributed by atoms with Crippen LogP contribution in [0.5, 0.6) is 0 Å². The quantitative estimate of drug-likeness (QED) is 0.557. The Kier molecular flexibility index (Phi) is 17.6. The van der Waals surface area contributed by atoms with Crippen molar-refractivity contribution in [2.75, 3.05) is 20.8 Å². The molecule has 0 aromatic carbocycles. The second kappa shape index (κ2) is 17.0. The van der Waals surface area contributed by atoms with Gasteiger partial charge in [0.1, 0.15) is 0 Å². The van der Waals surface area contributed by atoms with Crippen molar-refractivity contribution in [2.45, 2.75) is 45.6 Å². The fraction of sp³-hybridized carbons (Fsp3) is 0.632. The maximum atomic E-state index is 8.58. The first-order chi connectivity index (χ1) is 11.0. The first-order valence-electron chi connectivity index (χ1n) is 8.26. The van der Waals surface area contributed by atoms with Crippen LogP contribution in [0.15, 0.2) is 37.0 Å². The van der Waals surface area contributed by atoms with E-state index in [1.165, 1.54) is 37.8 Å². The average molecular weight is 325 g/mol. The number of carbonyl (C=O) groups excluding carboxylic acids is 1. The first-order valence-corrected chi connectivity index (χ1v) is 8.26. The number of nitrogens with one attached hydrogen (secondary N) is 1. The highest BCUT2D eigenvalue weighted by molar-refractivity contribution is 5.42. The summed E-state index contributed by atoms with van der Waals surface area (Å²) in [4.78, 5) is 8.58. The molecule has 0 aromatic heterocycles. The van der Waals surface area contributed by atoms with Gasteiger partial charge in [0.25, 0.3) is 0 Å². The van der Waals surface area contributed by atoms with E-state index >= 15 is 0 Å². The van der Waals surface area contributed by atoms with Gasteiger partial charge < -0.3 is 15.8 Å². The minimum absolute atomic E-state index is 0.250. The lowest BCUT2D eigenvalue weighted by molar-refractivity contribution is -0.106. The SMILES string of the molecule is C=C/C=C(\C=C)C(C)C(C)CCC1CCCN1.COC.NC=O. The van der Waals surface area contributed by atoms with Crippen LogP contribution in [-0.2, 0) is 9.53 Å². The van der Waals surface area contributed by atoms with Gasteiger partial charge in [0, 0.05) is 20.3 Å². The Morgan fingerprint density at radius 3 is 2.35 bits per heavy atom. The number of rotatable bonds is 7. The second-order valence-corrected chi connectivity index (χ2v) is 5.79. The van der Waals surface area contributed by atoms with Crippen LogP contribution in [0.1, 0.15) is 39.5 Å². The lowest BCUT2D eigenvalue weighted by atomic mass is 9.84. The molecule has 0 spiro atoms. The predicted octanol–water partition coefficient (Wildman–Crippen LogP) is 3.45. The van der Waals surface area contributed by atoms with Gasteiger partial charge in [-0.25, -0.2) is 0 Å². The Morgan fingerprint density at radius 2 is 1.96 bits per heavy atom. The molecule has 0 aliphatic carbocycles. The van der Waals surface area contributed by atoms with E-state index in [0.717, 1.165) is 6.04 Å². The van der Waals surface area contributed by atoms with Gasteiger partial charge in [0.05, 0.1) is 0 Å². The molecule has 134 valence electrons. The van der Waals surface area contributed by atoms with Crippen molar-refractivity contribution in [1.82, 2.24) is 5.32 Å². The zero-order valence-corrected chi connectivity index (χ0v) is 15.4. The van der Waals surface area contributed by atoms with Crippen LogP contribution in [0, 0.1) is 11.8 Å². The largest absolute Gasteiger partial charge is 0.388 e. The molecule has 1 fully saturated rings. The summed E-state index contributed by atoms with van der Waals surface area (Å²) in [5.41, 5.74) is 5.48. The van der Waals surface area contributed by atoms with Gasteiger partial charge in [-0.05, 0) is 49.6 Å². The van der Waals surface area contributed by atoms with Crippen LogP contribution < -0.4 is 11.1 Å². The molecule has 1 saturated heterocycles. The molecule has 3 N–H and O–H groups in total. The molecular weight excluding hydrogens is 288 g/mol. The molecule has 1 aliphatic rings. The highest BCUT2D eigenvalue weighted by atomic mass is 16.4. The first kappa shape index (κ1) is 23.9. The fourth-order valence-corrected chi connectivity index (χ4v) is 2.59. The van der Waals surface area contributed by atoms with Crippen LogP contribution in [0.25, 0.3) is 0 Å². The van der Waals surface area contributed by atoms with Gasteiger partial charge in [-0.15, -0.1) is 0 Å². The van der Waals surface area contributed by atoms with Gasteiger partial charge in [0.2, 0.25) is 6.41 Å². The van der Waals surface area contributed by atoms with E-state index in [2.05, 4.69) is 48.9 Å². The Morgan fingerprint density at radius 1 is 1.39 bits per heavy atom. The molecule has 0 radical (unpaired) electrons. The number of nitrogens with two attached hydrogens (primary N) is 1. The summed E-state index contributed by atoms with van der Waals surface area (Å²) >= 11 is 0. The Hall–Kier alpha value is -1.39. The van der Waals surface area contributed by atoms with E-state index < -0.39 is 0 Å². The summed E-state index contributed by atoms with van der Waals surface area (Å²) in [5, 5.41) is 3.57. The molecule has 0 aromatic rings. The van der Waals surface area contributed by atoms with E-state index in [0.29, 0.717) is 11.8 Å². The van der Waals surface area contributed by atoms with Gasteiger partial charge in [-0.2, -0.15) is 0 Å². The number of amides is 1.